The van der Waals surface area contributed by atoms with Gasteiger partial charge in [-0.3, -0.25) is 4.90 Å². The maximum Gasteiger partial charge on any atom is 0.410 e. The third-order valence-electron chi connectivity index (χ3n) is 5.20. The van der Waals surface area contributed by atoms with Crippen LogP contribution in [-0.4, -0.2) is 59.1 Å². The summed E-state index contributed by atoms with van der Waals surface area (Å²) in [5.41, 5.74) is 2.81. The summed E-state index contributed by atoms with van der Waals surface area (Å²) >= 11 is 0. The molecule has 0 spiro atoms. The molecule has 0 bridgehead atoms. The molecule has 7 nitrogen and oxygen atoms in total. The lowest BCUT2D eigenvalue weighted by atomic mass is 9.99. The van der Waals surface area contributed by atoms with Crippen molar-refractivity contribution in [3.63, 3.8) is 0 Å². The average Bonchev–Trinajstić information content (AvgIpc) is 3.29. The number of carbonyl (C=O) groups is 1. The van der Waals surface area contributed by atoms with E-state index in [0.717, 1.165) is 37.3 Å². The Bertz CT molecular complexity index is 820. The molecule has 2 unspecified atom stereocenters. The first-order valence-electron chi connectivity index (χ1n) is 9.67. The van der Waals surface area contributed by atoms with Crippen molar-refractivity contribution in [2.24, 2.45) is 0 Å². The first kappa shape index (κ1) is 18.3. The second kappa shape index (κ2) is 7.13. The highest BCUT2D eigenvalue weighted by Crippen LogP contribution is 2.30. The molecule has 27 heavy (non-hydrogen) atoms. The number of nitrogens with one attached hydrogen (secondary N) is 1. The van der Waals surface area contributed by atoms with Gasteiger partial charge in [-0.15, -0.1) is 0 Å². The molecule has 4 rings (SSSR count). The van der Waals surface area contributed by atoms with Crippen LogP contribution in [0.2, 0.25) is 0 Å². The van der Waals surface area contributed by atoms with Gasteiger partial charge in [0.05, 0.1) is 24.4 Å². The molecule has 2 atom stereocenters. The Kier molecular flexibility index (Phi) is 4.82. The number of piperazine rings is 1. The summed E-state index contributed by atoms with van der Waals surface area (Å²) in [4.78, 5) is 14.5. The van der Waals surface area contributed by atoms with Gasteiger partial charge >= 0.3 is 6.09 Å². The number of pyridine rings is 1. The summed E-state index contributed by atoms with van der Waals surface area (Å²) in [6.45, 7) is 9.36. The quantitative estimate of drug-likeness (QED) is 0.878. The van der Waals surface area contributed by atoms with Gasteiger partial charge in [-0.1, -0.05) is 6.07 Å². The van der Waals surface area contributed by atoms with Crippen LogP contribution in [0.3, 0.4) is 0 Å². The van der Waals surface area contributed by atoms with E-state index in [-0.39, 0.29) is 12.1 Å². The molecule has 4 heterocycles. The number of nitrogens with zero attached hydrogens (tertiary/aromatic N) is 3. The van der Waals surface area contributed by atoms with Crippen molar-refractivity contribution in [2.45, 2.75) is 44.8 Å². The molecule has 0 saturated carbocycles. The summed E-state index contributed by atoms with van der Waals surface area (Å²) in [7, 11) is 0. The molecule has 2 aliphatic heterocycles. The van der Waals surface area contributed by atoms with Crippen molar-refractivity contribution in [1.29, 1.82) is 0 Å². The monoisotopic (exact) mass is 372 g/mol. The standard InChI is InChI=1S/C20H28N4O3/c1-20(2,3)27-19(25)23-8-7-21-11-18(23)16-10-22-24-12-14(4-5-17(16)24)15-6-9-26-13-15/h4-5,10,12,15,18,21H,6-9,11,13H2,1-3H3. The van der Waals surface area contributed by atoms with Crippen molar-refractivity contribution < 1.29 is 14.3 Å². The van der Waals surface area contributed by atoms with Gasteiger partial charge in [0.15, 0.2) is 0 Å². The van der Waals surface area contributed by atoms with E-state index in [2.05, 4.69) is 28.7 Å². The normalized spacial score (nSPS) is 23.7. The number of hydrogen-bond donors (Lipinski definition) is 1. The van der Waals surface area contributed by atoms with Crippen LogP contribution in [0.4, 0.5) is 4.79 Å². The fourth-order valence-electron chi connectivity index (χ4n) is 3.84. The highest BCUT2D eigenvalue weighted by molar-refractivity contribution is 5.70. The maximum absolute atomic E-state index is 12.7. The van der Waals surface area contributed by atoms with Crippen LogP contribution in [0.15, 0.2) is 24.5 Å². The summed E-state index contributed by atoms with van der Waals surface area (Å²) in [5.74, 6) is 0.441. The first-order chi connectivity index (χ1) is 12.9. The largest absolute Gasteiger partial charge is 0.444 e. The molecular weight excluding hydrogens is 344 g/mol. The van der Waals surface area contributed by atoms with E-state index in [9.17, 15) is 4.79 Å². The number of carbonyl (C=O) groups excluding carboxylic acids is 1. The molecule has 0 radical (unpaired) electrons. The molecule has 2 saturated heterocycles. The minimum absolute atomic E-state index is 0.0910. The Morgan fingerprint density at radius 1 is 1.37 bits per heavy atom. The summed E-state index contributed by atoms with van der Waals surface area (Å²) < 4.78 is 13.1. The SMILES string of the molecule is CC(C)(C)OC(=O)N1CCNCC1c1cnn2cc(C3CCOC3)ccc12. The number of fused-ring (bicyclic) bond motifs is 1. The highest BCUT2D eigenvalue weighted by Gasteiger charge is 2.33. The highest BCUT2D eigenvalue weighted by atomic mass is 16.6. The Morgan fingerprint density at radius 3 is 2.96 bits per heavy atom. The smallest absolute Gasteiger partial charge is 0.410 e. The van der Waals surface area contributed by atoms with Crippen LogP contribution in [-0.2, 0) is 9.47 Å². The van der Waals surface area contributed by atoms with E-state index >= 15 is 0 Å². The van der Waals surface area contributed by atoms with Gasteiger partial charge in [-0.2, -0.15) is 5.10 Å². The molecule has 0 aliphatic carbocycles. The van der Waals surface area contributed by atoms with Crippen molar-refractivity contribution in [2.75, 3.05) is 32.8 Å². The lowest BCUT2D eigenvalue weighted by Gasteiger charge is -2.36. The van der Waals surface area contributed by atoms with Gasteiger partial charge in [0.1, 0.15) is 5.60 Å². The number of hydrogen-bond acceptors (Lipinski definition) is 5. The van der Waals surface area contributed by atoms with Gasteiger partial charge in [0.2, 0.25) is 0 Å². The van der Waals surface area contributed by atoms with Gasteiger partial charge in [0.25, 0.3) is 0 Å². The second-order valence-electron chi connectivity index (χ2n) is 8.35. The third-order valence-corrected chi connectivity index (χ3v) is 5.20. The molecule has 7 heteroatoms. The van der Waals surface area contributed by atoms with Crippen molar-refractivity contribution in [3.05, 3.63) is 35.7 Å². The molecular formula is C20H28N4O3. The fraction of sp³-hybridized carbons (Fsp3) is 0.600. The zero-order chi connectivity index (χ0) is 19.0. The van der Waals surface area contributed by atoms with Gasteiger partial charge in [-0.25, -0.2) is 9.31 Å². The number of rotatable bonds is 2. The third kappa shape index (κ3) is 3.80. The molecule has 2 aliphatic rings. The van der Waals surface area contributed by atoms with Crippen LogP contribution in [0.1, 0.15) is 50.3 Å². The lowest BCUT2D eigenvalue weighted by molar-refractivity contribution is 0.0119. The number of ether oxygens (including phenoxy) is 2. The minimum atomic E-state index is -0.508. The lowest BCUT2D eigenvalue weighted by Crippen LogP contribution is -2.50. The van der Waals surface area contributed by atoms with Gasteiger partial charge < -0.3 is 14.8 Å². The maximum atomic E-state index is 12.7. The zero-order valence-corrected chi connectivity index (χ0v) is 16.3. The Labute approximate surface area is 159 Å². The topological polar surface area (TPSA) is 68.1 Å². The van der Waals surface area contributed by atoms with E-state index in [1.54, 1.807) is 0 Å². The summed E-state index contributed by atoms with van der Waals surface area (Å²) in [6.07, 6.45) is 4.75. The Morgan fingerprint density at radius 2 is 2.22 bits per heavy atom. The van der Waals surface area contributed by atoms with Crippen LogP contribution in [0.5, 0.6) is 0 Å². The summed E-state index contributed by atoms with van der Waals surface area (Å²) in [6, 6.07) is 4.18. The van der Waals surface area contributed by atoms with Crippen LogP contribution < -0.4 is 5.32 Å². The molecule has 1 N–H and O–H groups in total. The van der Waals surface area contributed by atoms with E-state index in [0.29, 0.717) is 19.0 Å². The predicted octanol–water partition coefficient (Wildman–Crippen LogP) is 2.72. The second-order valence-corrected chi connectivity index (χ2v) is 8.35. The number of amides is 1. The van der Waals surface area contributed by atoms with E-state index < -0.39 is 5.60 Å². The Balaban J connectivity index is 1.62. The summed E-state index contributed by atoms with van der Waals surface area (Å²) in [5, 5.41) is 7.95. The predicted molar refractivity (Wildman–Crippen MR) is 102 cm³/mol. The fourth-order valence-corrected chi connectivity index (χ4v) is 3.84. The van der Waals surface area contributed by atoms with Gasteiger partial charge in [0, 0.05) is 43.9 Å². The van der Waals surface area contributed by atoms with Crippen molar-refractivity contribution in [3.8, 4) is 0 Å². The van der Waals surface area contributed by atoms with Crippen LogP contribution in [0, 0.1) is 0 Å². The van der Waals surface area contributed by atoms with Gasteiger partial charge in [-0.05, 0) is 38.8 Å². The van der Waals surface area contributed by atoms with E-state index in [4.69, 9.17) is 9.47 Å². The van der Waals surface area contributed by atoms with Crippen molar-refractivity contribution in [1.82, 2.24) is 19.8 Å². The van der Waals surface area contributed by atoms with Crippen LogP contribution >= 0.6 is 0 Å². The Hall–Kier alpha value is -2.12. The molecule has 146 valence electrons. The molecule has 0 aromatic carbocycles. The molecule has 2 aromatic rings. The number of aromatic nitrogens is 2. The first-order valence-corrected chi connectivity index (χ1v) is 9.67. The van der Waals surface area contributed by atoms with Crippen molar-refractivity contribution >= 4 is 11.6 Å². The molecule has 2 aromatic heterocycles. The minimum Gasteiger partial charge on any atom is -0.444 e. The molecule has 1 amide bonds. The van der Waals surface area contributed by atoms with Crippen LogP contribution in [0.25, 0.3) is 5.52 Å². The molecule has 2 fully saturated rings. The zero-order valence-electron chi connectivity index (χ0n) is 16.3. The van der Waals surface area contributed by atoms with E-state index in [1.807, 2.05) is 36.4 Å². The average molecular weight is 372 g/mol. The van der Waals surface area contributed by atoms with E-state index in [1.165, 1.54) is 5.56 Å².